The predicted molar refractivity (Wildman–Crippen MR) is 75.4 cm³/mol. The first-order chi connectivity index (χ1) is 8.99. The van der Waals surface area contributed by atoms with Crippen LogP contribution < -0.4 is 9.80 Å². The number of nitrogens with zero attached hydrogens (tertiary/aromatic N) is 5. The average Bonchev–Trinajstić information content (AvgIpc) is 2.68. The van der Waals surface area contributed by atoms with E-state index in [4.69, 9.17) is 0 Å². The Morgan fingerprint density at radius 3 is 2.42 bits per heavy atom. The minimum Gasteiger partial charge on any atom is -0.360 e. The molecular formula is C13H21N5O. The Balaban J connectivity index is 2.08. The van der Waals surface area contributed by atoms with Crippen LogP contribution in [0.1, 0.15) is 6.42 Å². The van der Waals surface area contributed by atoms with Gasteiger partial charge in [0.05, 0.1) is 0 Å². The summed E-state index contributed by atoms with van der Waals surface area (Å²) in [6.07, 6.45) is 4.02. The van der Waals surface area contributed by atoms with Crippen LogP contribution in [0.15, 0.2) is 12.4 Å². The van der Waals surface area contributed by atoms with Gasteiger partial charge in [0.1, 0.15) is 0 Å². The van der Waals surface area contributed by atoms with Gasteiger partial charge in [-0.2, -0.15) is 0 Å². The number of anilines is 2. The first-order valence-electron chi connectivity index (χ1n) is 6.42. The van der Waals surface area contributed by atoms with Gasteiger partial charge in [0.25, 0.3) is 0 Å². The van der Waals surface area contributed by atoms with Crippen molar-refractivity contribution in [3.8, 4) is 0 Å². The second kappa shape index (κ2) is 5.42. The molecule has 0 saturated carbocycles. The lowest BCUT2D eigenvalue weighted by molar-refractivity contribution is -0.126. The van der Waals surface area contributed by atoms with Crippen molar-refractivity contribution in [3.05, 3.63) is 12.4 Å². The SMILES string of the molecule is CN1CC(CN(C)c2nccnc2N(C)C)CC1=O. The van der Waals surface area contributed by atoms with E-state index in [1.54, 1.807) is 17.3 Å². The standard InChI is InChI=1S/C13H21N5O/c1-16(2)12-13(15-6-5-14-12)18(4)9-10-7-11(19)17(3)8-10/h5-6,10H,7-9H2,1-4H3. The summed E-state index contributed by atoms with van der Waals surface area (Å²) in [5.41, 5.74) is 0. The quantitative estimate of drug-likeness (QED) is 0.790. The number of carbonyl (C=O) groups is 1. The fraction of sp³-hybridized carbons (Fsp3) is 0.615. The Kier molecular flexibility index (Phi) is 3.87. The van der Waals surface area contributed by atoms with Crippen molar-refractivity contribution < 1.29 is 4.79 Å². The maximum Gasteiger partial charge on any atom is 0.222 e. The van der Waals surface area contributed by atoms with E-state index in [2.05, 4.69) is 14.9 Å². The molecule has 1 aliphatic heterocycles. The lowest BCUT2D eigenvalue weighted by Gasteiger charge is -2.25. The van der Waals surface area contributed by atoms with Gasteiger partial charge in [-0.15, -0.1) is 0 Å². The monoisotopic (exact) mass is 263 g/mol. The molecule has 1 aromatic rings. The van der Waals surface area contributed by atoms with Gasteiger partial charge in [0.15, 0.2) is 11.6 Å². The molecule has 2 rings (SSSR count). The molecule has 0 radical (unpaired) electrons. The van der Waals surface area contributed by atoms with Gasteiger partial charge in [-0.3, -0.25) is 4.79 Å². The summed E-state index contributed by atoms with van der Waals surface area (Å²) >= 11 is 0. The second-order valence-electron chi connectivity index (χ2n) is 5.32. The molecule has 0 aromatic carbocycles. The summed E-state index contributed by atoms with van der Waals surface area (Å²) in [7, 11) is 7.76. The molecule has 1 aliphatic rings. The molecule has 1 amide bonds. The molecule has 0 aliphatic carbocycles. The van der Waals surface area contributed by atoms with Crippen molar-refractivity contribution in [2.75, 3.05) is 51.1 Å². The van der Waals surface area contributed by atoms with Gasteiger partial charge in [0.2, 0.25) is 5.91 Å². The molecule has 6 nitrogen and oxygen atoms in total. The molecule has 0 bridgehead atoms. The Morgan fingerprint density at radius 1 is 1.26 bits per heavy atom. The lowest BCUT2D eigenvalue weighted by atomic mass is 10.1. The summed E-state index contributed by atoms with van der Waals surface area (Å²) < 4.78 is 0. The van der Waals surface area contributed by atoms with Crippen molar-refractivity contribution in [2.24, 2.45) is 5.92 Å². The number of aromatic nitrogens is 2. The Bertz CT molecular complexity index is 462. The molecule has 1 atom stereocenters. The minimum absolute atomic E-state index is 0.227. The Hall–Kier alpha value is -1.85. The van der Waals surface area contributed by atoms with Crippen LogP contribution >= 0.6 is 0 Å². The van der Waals surface area contributed by atoms with E-state index in [-0.39, 0.29) is 5.91 Å². The number of hydrogen-bond donors (Lipinski definition) is 0. The van der Waals surface area contributed by atoms with Crippen LogP contribution in [0.4, 0.5) is 11.6 Å². The highest BCUT2D eigenvalue weighted by Gasteiger charge is 2.28. The number of amides is 1. The number of rotatable bonds is 4. The summed E-state index contributed by atoms with van der Waals surface area (Å²) in [5, 5.41) is 0. The molecule has 1 aromatic heterocycles. The summed E-state index contributed by atoms with van der Waals surface area (Å²) in [6.45, 7) is 1.64. The van der Waals surface area contributed by atoms with E-state index in [1.807, 2.05) is 33.1 Å². The maximum absolute atomic E-state index is 11.5. The third-order valence-electron chi connectivity index (χ3n) is 3.40. The zero-order chi connectivity index (χ0) is 14.0. The average molecular weight is 263 g/mol. The van der Waals surface area contributed by atoms with Crippen LogP contribution in [-0.4, -0.2) is 62.1 Å². The van der Waals surface area contributed by atoms with E-state index < -0.39 is 0 Å². The lowest BCUT2D eigenvalue weighted by Crippen LogP contribution is -2.29. The molecule has 1 saturated heterocycles. The van der Waals surface area contributed by atoms with Gasteiger partial charge in [-0.1, -0.05) is 0 Å². The van der Waals surface area contributed by atoms with Gasteiger partial charge < -0.3 is 14.7 Å². The molecular weight excluding hydrogens is 242 g/mol. The van der Waals surface area contributed by atoms with Crippen LogP contribution in [-0.2, 0) is 4.79 Å². The Morgan fingerprint density at radius 2 is 1.89 bits per heavy atom. The molecule has 104 valence electrons. The summed E-state index contributed by atoms with van der Waals surface area (Å²) in [5.74, 6) is 2.29. The van der Waals surface area contributed by atoms with Crippen molar-refractivity contribution in [1.82, 2.24) is 14.9 Å². The highest BCUT2D eigenvalue weighted by Crippen LogP contribution is 2.24. The first kappa shape index (κ1) is 13.6. The molecule has 1 fully saturated rings. The number of hydrogen-bond acceptors (Lipinski definition) is 5. The Labute approximate surface area is 114 Å². The van der Waals surface area contributed by atoms with Gasteiger partial charge in [-0.05, 0) is 0 Å². The van der Waals surface area contributed by atoms with Crippen LogP contribution in [0, 0.1) is 5.92 Å². The first-order valence-corrected chi connectivity index (χ1v) is 6.42. The van der Waals surface area contributed by atoms with Crippen molar-refractivity contribution in [1.29, 1.82) is 0 Å². The van der Waals surface area contributed by atoms with E-state index in [0.29, 0.717) is 12.3 Å². The minimum atomic E-state index is 0.227. The highest BCUT2D eigenvalue weighted by atomic mass is 16.2. The molecule has 6 heteroatoms. The topological polar surface area (TPSA) is 52.6 Å². The molecule has 1 unspecified atom stereocenters. The van der Waals surface area contributed by atoms with E-state index >= 15 is 0 Å². The zero-order valence-electron chi connectivity index (χ0n) is 12.0. The second-order valence-corrected chi connectivity index (χ2v) is 5.32. The fourth-order valence-corrected chi connectivity index (χ4v) is 2.46. The summed E-state index contributed by atoms with van der Waals surface area (Å²) in [6, 6.07) is 0. The predicted octanol–water partition coefficient (Wildman–Crippen LogP) is 0.457. The maximum atomic E-state index is 11.5. The van der Waals surface area contributed by atoms with E-state index in [1.165, 1.54) is 0 Å². The normalized spacial score (nSPS) is 18.8. The number of carbonyl (C=O) groups excluding carboxylic acids is 1. The van der Waals surface area contributed by atoms with E-state index in [0.717, 1.165) is 24.7 Å². The molecule has 0 N–H and O–H groups in total. The van der Waals surface area contributed by atoms with E-state index in [9.17, 15) is 4.79 Å². The van der Waals surface area contributed by atoms with Crippen LogP contribution in [0.5, 0.6) is 0 Å². The largest absolute Gasteiger partial charge is 0.360 e. The van der Waals surface area contributed by atoms with Crippen LogP contribution in [0.2, 0.25) is 0 Å². The van der Waals surface area contributed by atoms with Crippen molar-refractivity contribution in [3.63, 3.8) is 0 Å². The van der Waals surface area contributed by atoms with Crippen molar-refractivity contribution >= 4 is 17.5 Å². The highest BCUT2D eigenvalue weighted by molar-refractivity contribution is 5.78. The van der Waals surface area contributed by atoms with Crippen LogP contribution in [0.25, 0.3) is 0 Å². The molecule has 2 heterocycles. The van der Waals surface area contributed by atoms with Crippen molar-refractivity contribution in [2.45, 2.75) is 6.42 Å². The molecule has 0 spiro atoms. The third kappa shape index (κ3) is 2.94. The summed E-state index contributed by atoms with van der Waals surface area (Å²) in [4.78, 5) is 26.1. The van der Waals surface area contributed by atoms with Crippen LogP contribution in [0.3, 0.4) is 0 Å². The number of likely N-dealkylation sites (tertiary alicyclic amines) is 1. The fourth-order valence-electron chi connectivity index (χ4n) is 2.46. The molecule has 19 heavy (non-hydrogen) atoms. The zero-order valence-corrected chi connectivity index (χ0v) is 12.0. The van der Waals surface area contributed by atoms with Gasteiger partial charge in [0, 0.05) is 66.0 Å². The van der Waals surface area contributed by atoms with Gasteiger partial charge in [-0.25, -0.2) is 9.97 Å². The van der Waals surface area contributed by atoms with Gasteiger partial charge >= 0.3 is 0 Å². The third-order valence-corrected chi connectivity index (χ3v) is 3.40. The smallest absolute Gasteiger partial charge is 0.222 e.